The molecular formula is C34H38N2O7S. The van der Waals surface area contributed by atoms with E-state index >= 15 is 0 Å². The number of aromatic carboxylic acids is 1. The second-order valence-electron chi connectivity index (χ2n) is 10.8. The van der Waals surface area contributed by atoms with Crippen LogP contribution in [0.3, 0.4) is 0 Å². The van der Waals surface area contributed by atoms with Crippen LogP contribution in [0.2, 0.25) is 0 Å². The number of aliphatic hydroxyl groups excluding tert-OH is 1. The molecule has 0 aliphatic rings. The number of hydrogen-bond donors (Lipinski definition) is 4. The first-order chi connectivity index (χ1) is 20.9. The van der Waals surface area contributed by atoms with Gasteiger partial charge in [-0.1, -0.05) is 48.5 Å². The lowest BCUT2D eigenvalue weighted by Crippen LogP contribution is -2.35. The van der Waals surface area contributed by atoms with Gasteiger partial charge in [0.2, 0.25) is 10.0 Å². The van der Waals surface area contributed by atoms with Gasteiger partial charge in [-0.15, -0.1) is 0 Å². The molecule has 0 bridgehead atoms. The van der Waals surface area contributed by atoms with Crippen molar-refractivity contribution in [1.29, 1.82) is 0 Å². The molecule has 4 aromatic carbocycles. The smallest absolute Gasteiger partial charge is 0.335 e. The van der Waals surface area contributed by atoms with Crippen LogP contribution in [0, 0.1) is 13.8 Å². The minimum Gasteiger partial charge on any atom is -0.492 e. The molecule has 0 fully saturated rings. The molecule has 0 spiro atoms. The van der Waals surface area contributed by atoms with E-state index in [2.05, 4.69) is 10.0 Å². The lowest BCUT2D eigenvalue weighted by Gasteiger charge is -2.23. The van der Waals surface area contributed by atoms with E-state index in [0.717, 1.165) is 39.8 Å². The zero-order chi connectivity index (χ0) is 31.9. The number of sulfonamides is 1. The fourth-order valence-electron chi connectivity index (χ4n) is 4.89. The Morgan fingerprint density at radius 3 is 2.25 bits per heavy atom. The van der Waals surface area contributed by atoms with E-state index in [-0.39, 0.29) is 23.9 Å². The van der Waals surface area contributed by atoms with Gasteiger partial charge >= 0.3 is 5.97 Å². The van der Waals surface area contributed by atoms with E-state index in [0.29, 0.717) is 24.5 Å². The Morgan fingerprint density at radius 1 is 0.886 bits per heavy atom. The molecule has 0 unspecified atom stereocenters. The van der Waals surface area contributed by atoms with Crippen LogP contribution in [0.5, 0.6) is 11.5 Å². The van der Waals surface area contributed by atoms with Crippen LogP contribution in [0.1, 0.15) is 45.6 Å². The van der Waals surface area contributed by atoms with Crippen molar-refractivity contribution in [3.05, 3.63) is 113 Å². The first-order valence-corrected chi connectivity index (χ1v) is 16.1. The molecule has 44 heavy (non-hydrogen) atoms. The van der Waals surface area contributed by atoms with Gasteiger partial charge in [0.15, 0.2) is 0 Å². The molecule has 0 radical (unpaired) electrons. The van der Waals surface area contributed by atoms with E-state index in [4.69, 9.17) is 9.47 Å². The van der Waals surface area contributed by atoms with Crippen LogP contribution < -0.4 is 19.5 Å². The summed E-state index contributed by atoms with van der Waals surface area (Å²) >= 11 is 0. The maximum absolute atomic E-state index is 12.0. The molecule has 0 aliphatic carbocycles. The summed E-state index contributed by atoms with van der Waals surface area (Å²) in [5.74, 6) is 0.138. The third-order valence-electron chi connectivity index (χ3n) is 7.07. The molecular weight excluding hydrogens is 580 g/mol. The number of nitrogens with one attached hydrogen (secondary N) is 2. The maximum Gasteiger partial charge on any atom is 0.335 e. The molecule has 4 rings (SSSR count). The SMILES string of the molecule is Cc1cc(-c2cccc(C(=O)O)c2)cc(C)c1OCCN[C@@H](C)[C@H](O)c1ccc(OCc2ccccc2)c(NS(C)(=O)=O)c1. The van der Waals surface area contributed by atoms with Crippen molar-refractivity contribution in [3.8, 4) is 22.6 Å². The van der Waals surface area contributed by atoms with Gasteiger partial charge < -0.3 is 25.0 Å². The third kappa shape index (κ3) is 8.82. The lowest BCUT2D eigenvalue weighted by molar-refractivity contribution is 0.0697. The monoisotopic (exact) mass is 618 g/mol. The van der Waals surface area contributed by atoms with Crippen LogP contribution in [0.25, 0.3) is 11.1 Å². The molecule has 0 aliphatic heterocycles. The first kappa shape index (κ1) is 32.5. The number of aryl methyl sites for hydroxylation is 2. The molecule has 0 saturated heterocycles. The van der Waals surface area contributed by atoms with Crippen molar-refractivity contribution in [2.45, 2.75) is 39.5 Å². The second kappa shape index (κ2) is 14.4. The van der Waals surface area contributed by atoms with Crippen LogP contribution >= 0.6 is 0 Å². The van der Waals surface area contributed by atoms with Gasteiger partial charge in [0.1, 0.15) is 24.7 Å². The summed E-state index contributed by atoms with van der Waals surface area (Å²) in [4.78, 5) is 11.4. The molecule has 232 valence electrons. The van der Waals surface area contributed by atoms with Gasteiger partial charge in [-0.25, -0.2) is 13.2 Å². The van der Waals surface area contributed by atoms with Gasteiger partial charge in [0.25, 0.3) is 0 Å². The zero-order valence-corrected chi connectivity index (χ0v) is 26.0. The first-order valence-electron chi connectivity index (χ1n) is 14.2. The average molecular weight is 619 g/mol. The van der Waals surface area contributed by atoms with Gasteiger partial charge in [-0.05, 0) is 90.6 Å². The number of benzene rings is 4. The lowest BCUT2D eigenvalue weighted by atomic mass is 9.98. The fourth-order valence-corrected chi connectivity index (χ4v) is 5.45. The van der Waals surface area contributed by atoms with Gasteiger partial charge in [0.05, 0.1) is 23.6 Å². The molecule has 4 aromatic rings. The van der Waals surface area contributed by atoms with Gasteiger partial charge in [-0.2, -0.15) is 0 Å². The van der Waals surface area contributed by atoms with Crippen LogP contribution in [0.15, 0.2) is 84.9 Å². The highest BCUT2D eigenvalue weighted by atomic mass is 32.2. The number of hydrogen-bond acceptors (Lipinski definition) is 7. The number of anilines is 1. The highest BCUT2D eigenvalue weighted by Crippen LogP contribution is 2.32. The fraction of sp³-hybridized carbons (Fsp3) is 0.265. The van der Waals surface area contributed by atoms with E-state index < -0.39 is 22.1 Å². The third-order valence-corrected chi connectivity index (χ3v) is 7.66. The standard InChI is InChI=1S/C34H38N2O7S/c1-22-17-29(26-11-8-12-28(19-26)34(38)39)18-23(2)33(22)42-16-15-35-24(3)32(37)27-13-14-31(30(20-27)36-44(4,40)41)43-21-25-9-6-5-7-10-25/h5-14,17-20,24,32,35-37H,15-16,21H2,1-4H3,(H,38,39)/t24-,32-/m0/s1. The number of carboxylic acids is 1. The Bertz CT molecular complexity index is 1690. The highest BCUT2D eigenvalue weighted by molar-refractivity contribution is 7.92. The molecule has 10 heteroatoms. The van der Waals surface area contributed by atoms with Crippen molar-refractivity contribution < 1.29 is 32.9 Å². The molecule has 0 heterocycles. The summed E-state index contributed by atoms with van der Waals surface area (Å²) < 4.78 is 38.5. The Kier molecular flexibility index (Phi) is 10.6. The zero-order valence-electron chi connectivity index (χ0n) is 25.2. The molecule has 2 atom stereocenters. The minimum absolute atomic E-state index is 0.232. The quantitative estimate of drug-likeness (QED) is 0.132. The van der Waals surface area contributed by atoms with Gasteiger partial charge in [-0.3, -0.25) is 4.72 Å². The van der Waals surface area contributed by atoms with Crippen molar-refractivity contribution in [2.75, 3.05) is 24.1 Å². The molecule has 0 amide bonds. The summed E-state index contributed by atoms with van der Waals surface area (Å²) in [5, 5.41) is 23.6. The summed E-state index contributed by atoms with van der Waals surface area (Å²) in [6.45, 7) is 6.79. The number of rotatable bonds is 14. The van der Waals surface area contributed by atoms with Crippen molar-refractivity contribution in [3.63, 3.8) is 0 Å². The minimum atomic E-state index is -3.59. The number of carbonyl (C=O) groups is 1. The summed E-state index contributed by atoms with van der Waals surface area (Å²) in [6, 6.07) is 24.9. The van der Waals surface area contributed by atoms with E-state index in [1.165, 1.54) is 0 Å². The van der Waals surface area contributed by atoms with E-state index in [1.807, 2.05) is 69.3 Å². The van der Waals surface area contributed by atoms with Crippen LogP contribution in [-0.2, 0) is 16.6 Å². The van der Waals surface area contributed by atoms with Crippen molar-refractivity contribution >= 4 is 21.7 Å². The largest absolute Gasteiger partial charge is 0.492 e. The number of aliphatic hydroxyl groups is 1. The Morgan fingerprint density at radius 2 is 1.59 bits per heavy atom. The van der Waals surface area contributed by atoms with Crippen LogP contribution in [-0.4, -0.2) is 50.0 Å². The Labute approximate surface area is 258 Å². The van der Waals surface area contributed by atoms with Crippen molar-refractivity contribution in [1.82, 2.24) is 5.32 Å². The Balaban J connectivity index is 1.37. The molecule has 4 N–H and O–H groups in total. The van der Waals surface area contributed by atoms with E-state index in [9.17, 15) is 23.4 Å². The topological polar surface area (TPSA) is 134 Å². The number of ether oxygens (including phenoxy) is 2. The predicted molar refractivity (Wildman–Crippen MR) is 172 cm³/mol. The predicted octanol–water partition coefficient (Wildman–Crippen LogP) is 5.71. The number of carboxylic acid groups (broad SMARTS) is 1. The summed E-state index contributed by atoms with van der Waals surface area (Å²) in [7, 11) is -3.59. The average Bonchev–Trinajstić information content (AvgIpc) is 2.98. The Hall–Kier alpha value is -4.38. The van der Waals surface area contributed by atoms with Gasteiger partial charge in [0, 0.05) is 12.6 Å². The van der Waals surface area contributed by atoms with Crippen molar-refractivity contribution in [2.24, 2.45) is 0 Å². The molecule has 9 nitrogen and oxygen atoms in total. The highest BCUT2D eigenvalue weighted by Gasteiger charge is 2.19. The van der Waals surface area contributed by atoms with E-state index in [1.54, 1.807) is 36.4 Å². The summed E-state index contributed by atoms with van der Waals surface area (Å²) in [6.07, 6.45) is 0.136. The summed E-state index contributed by atoms with van der Waals surface area (Å²) in [5.41, 5.74) is 5.52. The normalized spacial score (nSPS) is 12.8. The second-order valence-corrected chi connectivity index (χ2v) is 12.5. The molecule has 0 saturated carbocycles. The van der Waals surface area contributed by atoms with Crippen LogP contribution in [0.4, 0.5) is 5.69 Å². The maximum atomic E-state index is 12.0. The molecule has 0 aromatic heterocycles.